The van der Waals surface area contributed by atoms with E-state index in [-0.39, 0.29) is 23.8 Å². The minimum absolute atomic E-state index is 0.0980. The third-order valence-corrected chi connectivity index (χ3v) is 5.40. The molecule has 0 bridgehead atoms. The summed E-state index contributed by atoms with van der Waals surface area (Å²) in [5.41, 5.74) is 2.28. The van der Waals surface area contributed by atoms with E-state index in [4.69, 9.17) is 9.26 Å². The molecule has 0 fully saturated rings. The predicted octanol–water partition coefficient (Wildman–Crippen LogP) is 4.58. The van der Waals surface area contributed by atoms with Crippen molar-refractivity contribution in [3.63, 3.8) is 0 Å². The number of hydrogen-bond acceptors (Lipinski definition) is 6. The van der Waals surface area contributed by atoms with Crippen LogP contribution in [0.15, 0.2) is 76.3 Å². The third-order valence-electron chi connectivity index (χ3n) is 5.40. The molecule has 0 atom stereocenters. The Labute approximate surface area is 194 Å². The molecular formula is C25H22FN5O3. The van der Waals surface area contributed by atoms with Gasteiger partial charge in [-0.15, -0.1) is 0 Å². The zero-order chi connectivity index (χ0) is 23.5. The highest BCUT2D eigenvalue weighted by Crippen LogP contribution is 2.29. The van der Waals surface area contributed by atoms with Crippen molar-refractivity contribution in [2.24, 2.45) is 0 Å². The monoisotopic (exact) mass is 459 g/mol. The standard InChI is InChI=1S/C25H22FN5O3/c1-2-3-14-33-22-7-5-4-6-19(22)20-15-21-25(32)30(12-13-31(21)28-20)16-23-27-24(29-34-23)17-8-10-18(26)11-9-17/h4-13,15H,2-3,14,16H2,1H3. The fraction of sp³-hybridized carbons (Fsp3) is 0.200. The summed E-state index contributed by atoms with van der Waals surface area (Å²) in [6.45, 7) is 2.83. The van der Waals surface area contributed by atoms with E-state index < -0.39 is 0 Å². The van der Waals surface area contributed by atoms with Gasteiger partial charge in [-0.2, -0.15) is 10.1 Å². The summed E-state index contributed by atoms with van der Waals surface area (Å²) in [6, 6.07) is 15.2. The van der Waals surface area contributed by atoms with E-state index in [1.807, 2.05) is 24.3 Å². The SMILES string of the molecule is CCCCOc1ccccc1-c1cc2c(=O)n(Cc3nc(-c4ccc(F)cc4)no3)ccn2n1. The van der Waals surface area contributed by atoms with E-state index in [1.54, 1.807) is 35.1 Å². The van der Waals surface area contributed by atoms with Crippen LogP contribution >= 0.6 is 0 Å². The van der Waals surface area contributed by atoms with Crippen LogP contribution in [0.4, 0.5) is 4.39 Å². The summed E-state index contributed by atoms with van der Waals surface area (Å²) in [5, 5.41) is 8.51. The van der Waals surface area contributed by atoms with E-state index in [0.29, 0.717) is 29.2 Å². The van der Waals surface area contributed by atoms with Gasteiger partial charge < -0.3 is 13.8 Å². The van der Waals surface area contributed by atoms with E-state index in [2.05, 4.69) is 22.2 Å². The second-order valence-corrected chi connectivity index (χ2v) is 7.81. The fourth-order valence-corrected chi connectivity index (χ4v) is 3.59. The Morgan fingerprint density at radius 1 is 1.09 bits per heavy atom. The molecule has 0 saturated heterocycles. The van der Waals surface area contributed by atoms with Crippen LogP contribution in [0.25, 0.3) is 28.2 Å². The highest BCUT2D eigenvalue weighted by molar-refractivity contribution is 5.71. The summed E-state index contributed by atoms with van der Waals surface area (Å²) in [5.74, 6) is 0.983. The van der Waals surface area contributed by atoms with Gasteiger partial charge in [0.05, 0.1) is 12.3 Å². The van der Waals surface area contributed by atoms with Crippen molar-refractivity contribution in [3.8, 4) is 28.4 Å². The van der Waals surface area contributed by atoms with Crippen LogP contribution in [0.2, 0.25) is 0 Å². The van der Waals surface area contributed by atoms with Gasteiger partial charge in [0.15, 0.2) is 0 Å². The molecule has 172 valence electrons. The second kappa shape index (κ2) is 9.30. The Balaban J connectivity index is 1.42. The summed E-state index contributed by atoms with van der Waals surface area (Å²) in [6.07, 6.45) is 5.33. The molecule has 9 heteroatoms. The molecule has 0 aliphatic heterocycles. The van der Waals surface area contributed by atoms with Crippen molar-refractivity contribution < 1.29 is 13.7 Å². The first-order valence-electron chi connectivity index (χ1n) is 11.0. The van der Waals surface area contributed by atoms with Crippen molar-refractivity contribution in [2.75, 3.05) is 6.61 Å². The maximum absolute atomic E-state index is 13.2. The minimum atomic E-state index is -0.345. The van der Waals surface area contributed by atoms with E-state index in [1.165, 1.54) is 16.7 Å². The van der Waals surface area contributed by atoms with Gasteiger partial charge in [0.2, 0.25) is 11.7 Å². The average Bonchev–Trinajstić information content (AvgIpc) is 3.50. The average molecular weight is 459 g/mol. The molecule has 5 rings (SSSR count). The molecule has 34 heavy (non-hydrogen) atoms. The summed E-state index contributed by atoms with van der Waals surface area (Å²) in [4.78, 5) is 17.5. The molecule has 0 aliphatic rings. The number of fused-ring (bicyclic) bond motifs is 1. The molecule has 0 N–H and O–H groups in total. The van der Waals surface area contributed by atoms with Crippen molar-refractivity contribution in [3.05, 3.63) is 89.1 Å². The molecule has 8 nitrogen and oxygen atoms in total. The number of halogens is 1. The molecule has 0 spiro atoms. The summed E-state index contributed by atoms with van der Waals surface area (Å²) >= 11 is 0. The van der Waals surface area contributed by atoms with Crippen molar-refractivity contribution in [2.45, 2.75) is 26.3 Å². The van der Waals surface area contributed by atoms with Gasteiger partial charge in [0.25, 0.3) is 5.56 Å². The maximum Gasteiger partial charge on any atom is 0.277 e. The van der Waals surface area contributed by atoms with Crippen LogP contribution in [0.1, 0.15) is 25.7 Å². The molecule has 5 aromatic rings. The molecule has 2 aromatic carbocycles. The Bertz CT molecular complexity index is 1490. The van der Waals surface area contributed by atoms with Crippen LogP contribution in [-0.2, 0) is 6.54 Å². The Morgan fingerprint density at radius 3 is 2.74 bits per heavy atom. The molecule has 0 radical (unpaired) electrons. The lowest BCUT2D eigenvalue weighted by atomic mass is 10.1. The van der Waals surface area contributed by atoms with Gasteiger partial charge in [-0.1, -0.05) is 30.6 Å². The van der Waals surface area contributed by atoms with Gasteiger partial charge in [0, 0.05) is 23.5 Å². The molecule has 3 aromatic heterocycles. The molecular weight excluding hydrogens is 437 g/mol. The molecule has 0 unspecified atom stereocenters. The van der Waals surface area contributed by atoms with Crippen molar-refractivity contribution in [1.29, 1.82) is 0 Å². The smallest absolute Gasteiger partial charge is 0.277 e. The molecule has 0 saturated carbocycles. The zero-order valence-electron chi connectivity index (χ0n) is 18.5. The van der Waals surface area contributed by atoms with Gasteiger partial charge in [0.1, 0.15) is 23.6 Å². The number of unbranched alkanes of at least 4 members (excludes halogenated alkanes) is 1. The first-order chi connectivity index (χ1) is 16.6. The first kappa shape index (κ1) is 21.6. The number of para-hydroxylation sites is 1. The van der Waals surface area contributed by atoms with Crippen LogP contribution in [-0.4, -0.2) is 30.9 Å². The van der Waals surface area contributed by atoms with Gasteiger partial charge >= 0.3 is 0 Å². The largest absolute Gasteiger partial charge is 0.493 e. The van der Waals surface area contributed by atoms with E-state index >= 15 is 0 Å². The second-order valence-electron chi connectivity index (χ2n) is 7.81. The van der Waals surface area contributed by atoms with Crippen LogP contribution < -0.4 is 10.3 Å². The molecule has 0 aliphatic carbocycles. The predicted molar refractivity (Wildman–Crippen MR) is 124 cm³/mol. The van der Waals surface area contributed by atoms with Crippen LogP contribution in [0, 0.1) is 5.82 Å². The molecule has 0 amide bonds. The lowest BCUT2D eigenvalue weighted by Crippen LogP contribution is -2.21. The highest BCUT2D eigenvalue weighted by atomic mass is 19.1. The Kier molecular flexibility index (Phi) is 5.90. The maximum atomic E-state index is 13.2. The number of aromatic nitrogens is 5. The number of rotatable bonds is 8. The first-order valence-corrected chi connectivity index (χ1v) is 11.0. The Hall–Kier alpha value is -4.27. The molecule has 3 heterocycles. The third kappa shape index (κ3) is 4.32. The quantitative estimate of drug-likeness (QED) is 0.316. The lowest BCUT2D eigenvalue weighted by Gasteiger charge is -2.09. The number of hydrogen-bond donors (Lipinski definition) is 0. The van der Waals surface area contributed by atoms with E-state index in [9.17, 15) is 9.18 Å². The fourth-order valence-electron chi connectivity index (χ4n) is 3.59. The zero-order valence-corrected chi connectivity index (χ0v) is 18.5. The summed E-state index contributed by atoms with van der Waals surface area (Å²) in [7, 11) is 0. The van der Waals surface area contributed by atoms with Crippen molar-refractivity contribution in [1.82, 2.24) is 24.3 Å². The highest BCUT2D eigenvalue weighted by Gasteiger charge is 2.15. The van der Waals surface area contributed by atoms with Gasteiger partial charge in [-0.3, -0.25) is 4.79 Å². The van der Waals surface area contributed by atoms with Crippen LogP contribution in [0.3, 0.4) is 0 Å². The van der Waals surface area contributed by atoms with Gasteiger partial charge in [-0.05, 0) is 48.9 Å². The lowest BCUT2D eigenvalue weighted by molar-refractivity contribution is 0.310. The summed E-state index contributed by atoms with van der Waals surface area (Å²) < 4.78 is 27.4. The number of nitrogens with zero attached hydrogens (tertiary/aromatic N) is 5. The van der Waals surface area contributed by atoms with E-state index in [0.717, 1.165) is 24.2 Å². The number of benzene rings is 2. The normalized spacial score (nSPS) is 11.2. The van der Waals surface area contributed by atoms with Crippen LogP contribution in [0.5, 0.6) is 5.75 Å². The minimum Gasteiger partial charge on any atom is -0.493 e. The van der Waals surface area contributed by atoms with Crippen molar-refractivity contribution >= 4 is 5.52 Å². The Morgan fingerprint density at radius 2 is 1.91 bits per heavy atom. The topological polar surface area (TPSA) is 87.5 Å². The number of ether oxygens (including phenoxy) is 1. The van der Waals surface area contributed by atoms with Gasteiger partial charge in [-0.25, -0.2) is 8.91 Å².